The summed E-state index contributed by atoms with van der Waals surface area (Å²) in [5.41, 5.74) is 2.07. The highest BCUT2D eigenvalue weighted by Crippen LogP contribution is 2.02. The molecule has 0 spiro atoms. The van der Waals surface area contributed by atoms with Crippen LogP contribution in [0.1, 0.15) is 24.5 Å². The van der Waals surface area contributed by atoms with Gasteiger partial charge < -0.3 is 15.7 Å². The lowest BCUT2D eigenvalue weighted by atomic mass is 10.1. The third-order valence-corrected chi connectivity index (χ3v) is 2.83. The van der Waals surface area contributed by atoms with Gasteiger partial charge in [0.1, 0.15) is 0 Å². The van der Waals surface area contributed by atoms with Crippen molar-refractivity contribution in [3.05, 3.63) is 35.4 Å². The van der Waals surface area contributed by atoms with Crippen LogP contribution < -0.4 is 10.6 Å². The Morgan fingerprint density at radius 2 is 1.84 bits per heavy atom. The molecule has 3 N–H and O–H groups in total. The number of rotatable bonds is 5. The summed E-state index contributed by atoms with van der Waals surface area (Å²) in [6.45, 7) is 3.94. The van der Waals surface area contributed by atoms with Gasteiger partial charge in [-0.05, 0) is 18.9 Å². The van der Waals surface area contributed by atoms with E-state index in [9.17, 15) is 9.59 Å². The quantitative estimate of drug-likeness (QED) is 0.678. The molecule has 2 amide bonds. The Morgan fingerprint density at radius 1 is 1.21 bits per heavy atom. The van der Waals surface area contributed by atoms with E-state index in [1.165, 1.54) is 0 Å². The summed E-state index contributed by atoms with van der Waals surface area (Å²) >= 11 is 0. The Balaban J connectivity index is 2.42. The number of aliphatic hydroxyl groups is 1. The number of amides is 2. The van der Waals surface area contributed by atoms with Gasteiger partial charge in [0.15, 0.2) is 0 Å². The van der Waals surface area contributed by atoms with Gasteiger partial charge in [0, 0.05) is 6.54 Å². The molecule has 0 saturated carbocycles. The third-order valence-electron chi connectivity index (χ3n) is 2.83. The maximum atomic E-state index is 11.5. The topological polar surface area (TPSA) is 78.4 Å². The molecule has 1 aromatic carbocycles. The molecular formula is C14H20N2O3. The number of hydrogen-bond acceptors (Lipinski definition) is 3. The Labute approximate surface area is 113 Å². The molecule has 0 aliphatic heterocycles. The lowest BCUT2D eigenvalue weighted by Gasteiger charge is -2.13. The van der Waals surface area contributed by atoms with Crippen LogP contribution in [0.15, 0.2) is 24.3 Å². The minimum absolute atomic E-state index is 0.173. The van der Waals surface area contributed by atoms with Gasteiger partial charge in [-0.3, -0.25) is 9.59 Å². The number of carbonyl (C=O) groups is 2. The number of hydrogen-bond donors (Lipinski definition) is 3. The SMILES string of the molecule is CC[C@@H](CO)NC(=O)C(=O)NCc1ccc(C)cc1. The summed E-state index contributed by atoms with van der Waals surface area (Å²) in [4.78, 5) is 23.1. The summed E-state index contributed by atoms with van der Waals surface area (Å²) in [5, 5.41) is 13.9. The third kappa shape index (κ3) is 5.09. The van der Waals surface area contributed by atoms with Gasteiger partial charge in [0.05, 0.1) is 12.6 Å². The van der Waals surface area contributed by atoms with E-state index in [4.69, 9.17) is 5.11 Å². The lowest BCUT2D eigenvalue weighted by molar-refractivity contribution is -0.139. The summed E-state index contributed by atoms with van der Waals surface area (Å²) in [5.74, 6) is -1.40. The van der Waals surface area contributed by atoms with E-state index in [0.29, 0.717) is 13.0 Å². The van der Waals surface area contributed by atoms with Crippen molar-refractivity contribution in [2.24, 2.45) is 0 Å². The standard InChI is InChI=1S/C14H20N2O3/c1-3-12(9-17)16-14(19)13(18)15-8-11-6-4-10(2)5-7-11/h4-7,12,17H,3,8-9H2,1-2H3,(H,15,18)(H,16,19)/t12-/m0/s1. The molecule has 0 bridgehead atoms. The second kappa shape index (κ2) is 7.53. The Bertz CT molecular complexity index is 425. The second-order valence-corrected chi connectivity index (χ2v) is 4.43. The van der Waals surface area contributed by atoms with Gasteiger partial charge >= 0.3 is 11.8 Å². The van der Waals surface area contributed by atoms with Crippen molar-refractivity contribution >= 4 is 11.8 Å². The van der Waals surface area contributed by atoms with Crippen molar-refractivity contribution in [1.82, 2.24) is 10.6 Å². The Morgan fingerprint density at radius 3 is 2.37 bits per heavy atom. The maximum Gasteiger partial charge on any atom is 0.309 e. The Hall–Kier alpha value is -1.88. The molecule has 0 fully saturated rings. The van der Waals surface area contributed by atoms with E-state index < -0.39 is 11.8 Å². The fourth-order valence-corrected chi connectivity index (χ4v) is 1.50. The van der Waals surface area contributed by atoms with Crippen LogP contribution in [0.25, 0.3) is 0 Å². The van der Waals surface area contributed by atoms with Crippen molar-refractivity contribution in [3.63, 3.8) is 0 Å². The average Bonchev–Trinajstić information content (AvgIpc) is 2.43. The molecule has 0 unspecified atom stereocenters. The van der Waals surface area contributed by atoms with Gasteiger partial charge in [-0.15, -0.1) is 0 Å². The zero-order valence-electron chi connectivity index (χ0n) is 11.3. The van der Waals surface area contributed by atoms with Crippen molar-refractivity contribution in [2.45, 2.75) is 32.9 Å². The molecule has 5 heteroatoms. The van der Waals surface area contributed by atoms with E-state index in [1.807, 2.05) is 38.1 Å². The molecule has 0 heterocycles. The molecule has 5 nitrogen and oxygen atoms in total. The zero-order valence-corrected chi connectivity index (χ0v) is 11.3. The van der Waals surface area contributed by atoms with Crippen LogP contribution in [0.4, 0.5) is 0 Å². The van der Waals surface area contributed by atoms with Crippen LogP contribution in [-0.4, -0.2) is 29.6 Å². The molecule has 0 radical (unpaired) electrons. The molecule has 19 heavy (non-hydrogen) atoms. The fourth-order valence-electron chi connectivity index (χ4n) is 1.50. The first-order valence-corrected chi connectivity index (χ1v) is 6.32. The molecule has 1 atom stereocenters. The molecule has 1 aromatic rings. The van der Waals surface area contributed by atoms with Gasteiger partial charge in [0.2, 0.25) is 0 Å². The molecule has 0 aliphatic rings. The number of benzene rings is 1. The van der Waals surface area contributed by atoms with E-state index in [1.54, 1.807) is 0 Å². The highest BCUT2D eigenvalue weighted by molar-refractivity contribution is 6.35. The maximum absolute atomic E-state index is 11.5. The van der Waals surface area contributed by atoms with Crippen LogP contribution in [0, 0.1) is 6.92 Å². The van der Waals surface area contributed by atoms with Crippen LogP contribution in [0.2, 0.25) is 0 Å². The van der Waals surface area contributed by atoms with Gasteiger partial charge in [-0.25, -0.2) is 0 Å². The summed E-state index contributed by atoms with van der Waals surface area (Å²) in [6.07, 6.45) is 0.577. The van der Waals surface area contributed by atoms with E-state index in [2.05, 4.69) is 10.6 Å². The number of aliphatic hydroxyl groups excluding tert-OH is 1. The van der Waals surface area contributed by atoms with Crippen LogP contribution in [0.5, 0.6) is 0 Å². The predicted octanol–water partition coefficient (Wildman–Crippen LogP) is 0.498. The normalized spacial score (nSPS) is 11.7. The van der Waals surface area contributed by atoms with E-state index >= 15 is 0 Å². The summed E-state index contributed by atoms with van der Waals surface area (Å²) in [7, 11) is 0. The first-order valence-electron chi connectivity index (χ1n) is 6.32. The zero-order chi connectivity index (χ0) is 14.3. The molecule has 1 rings (SSSR count). The predicted molar refractivity (Wildman–Crippen MR) is 72.3 cm³/mol. The second-order valence-electron chi connectivity index (χ2n) is 4.43. The highest BCUT2D eigenvalue weighted by Gasteiger charge is 2.16. The van der Waals surface area contributed by atoms with E-state index in [-0.39, 0.29) is 12.6 Å². The first kappa shape index (κ1) is 15.2. The smallest absolute Gasteiger partial charge is 0.309 e. The van der Waals surface area contributed by atoms with Gasteiger partial charge in [-0.2, -0.15) is 0 Å². The van der Waals surface area contributed by atoms with Crippen LogP contribution in [-0.2, 0) is 16.1 Å². The minimum Gasteiger partial charge on any atom is -0.394 e. The van der Waals surface area contributed by atoms with Crippen molar-refractivity contribution in [1.29, 1.82) is 0 Å². The Kier molecular flexibility index (Phi) is 6.02. The largest absolute Gasteiger partial charge is 0.394 e. The van der Waals surface area contributed by atoms with Gasteiger partial charge in [-0.1, -0.05) is 36.8 Å². The van der Waals surface area contributed by atoms with Gasteiger partial charge in [0.25, 0.3) is 0 Å². The number of carbonyl (C=O) groups excluding carboxylic acids is 2. The minimum atomic E-state index is -0.715. The first-order chi connectivity index (χ1) is 9.06. The number of nitrogens with one attached hydrogen (secondary N) is 2. The summed E-state index contributed by atoms with van der Waals surface area (Å²) in [6, 6.07) is 7.31. The van der Waals surface area contributed by atoms with Crippen molar-refractivity contribution in [2.75, 3.05) is 6.61 Å². The van der Waals surface area contributed by atoms with Crippen LogP contribution >= 0.6 is 0 Å². The molecule has 104 valence electrons. The number of aryl methyl sites for hydroxylation is 1. The molecule has 0 aliphatic carbocycles. The highest BCUT2D eigenvalue weighted by atomic mass is 16.3. The molecular weight excluding hydrogens is 244 g/mol. The monoisotopic (exact) mass is 264 g/mol. The summed E-state index contributed by atoms with van der Waals surface area (Å²) < 4.78 is 0. The van der Waals surface area contributed by atoms with Crippen molar-refractivity contribution < 1.29 is 14.7 Å². The average molecular weight is 264 g/mol. The lowest BCUT2D eigenvalue weighted by Crippen LogP contribution is -2.45. The van der Waals surface area contributed by atoms with Crippen molar-refractivity contribution in [3.8, 4) is 0 Å². The van der Waals surface area contributed by atoms with Crippen LogP contribution in [0.3, 0.4) is 0 Å². The molecule has 0 saturated heterocycles. The fraction of sp³-hybridized carbons (Fsp3) is 0.429. The molecule has 0 aromatic heterocycles. The van der Waals surface area contributed by atoms with E-state index in [0.717, 1.165) is 11.1 Å².